The van der Waals surface area contributed by atoms with Crippen molar-refractivity contribution in [2.75, 3.05) is 6.54 Å². The molecule has 3 heterocycles. The standard InChI is InChI=1S/C18H22N4O/c1-21-16-6-3-2-5-15(16)20-18(21)17-7-4-10-22(17)12-14-9-8-13(11-19)23-14/h8-9,17H,2-7,10,12H2,1H3. The lowest BCUT2D eigenvalue weighted by molar-refractivity contribution is 0.217. The maximum absolute atomic E-state index is 8.90. The largest absolute Gasteiger partial charge is 0.449 e. The zero-order valence-corrected chi connectivity index (χ0v) is 13.6. The second-order valence-electron chi connectivity index (χ2n) is 6.64. The Morgan fingerprint density at radius 2 is 2.17 bits per heavy atom. The molecule has 1 unspecified atom stereocenters. The van der Waals surface area contributed by atoms with Gasteiger partial charge in [-0.1, -0.05) is 0 Å². The van der Waals surface area contributed by atoms with Crippen LogP contribution >= 0.6 is 0 Å². The van der Waals surface area contributed by atoms with Crippen LogP contribution < -0.4 is 0 Å². The molecule has 0 bridgehead atoms. The summed E-state index contributed by atoms with van der Waals surface area (Å²) < 4.78 is 7.89. The van der Waals surface area contributed by atoms with Gasteiger partial charge in [-0.2, -0.15) is 5.26 Å². The first-order valence-corrected chi connectivity index (χ1v) is 8.53. The van der Waals surface area contributed by atoms with Gasteiger partial charge >= 0.3 is 0 Å². The third kappa shape index (κ3) is 2.57. The molecule has 2 aromatic rings. The van der Waals surface area contributed by atoms with Crippen molar-refractivity contribution in [3.63, 3.8) is 0 Å². The summed E-state index contributed by atoms with van der Waals surface area (Å²) in [6.45, 7) is 1.81. The summed E-state index contributed by atoms with van der Waals surface area (Å²) in [6, 6.07) is 6.08. The maximum Gasteiger partial charge on any atom is 0.203 e. The molecule has 1 saturated heterocycles. The van der Waals surface area contributed by atoms with E-state index in [2.05, 4.69) is 22.6 Å². The van der Waals surface area contributed by atoms with Gasteiger partial charge in [-0.25, -0.2) is 4.98 Å². The molecule has 5 heteroatoms. The van der Waals surface area contributed by atoms with Crippen LogP contribution in [0.4, 0.5) is 0 Å². The van der Waals surface area contributed by atoms with E-state index in [1.807, 2.05) is 6.07 Å². The topological polar surface area (TPSA) is 58.0 Å². The summed E-state index contributed by atoms with van der Waals surface area (Å²) in [7, 11) is 2.17. The van der Waals surface area contributed by atoms with E-state index in [9.17, 15) is 0 Å². The molecule has 0 radical (unpaired) electrons. The summed E-state index contributed by atoms with van der Waals surface area (Å²) in [5, 5.41) is 8.90. The Labute approximate surface area is 136 Å². The van der Waals surface area contributed by atoms with Crippen LogP contribution in [0.1, 0.15) is 60.5 Å². The van der Waals surface area contributed by atoms with Gasteiger partial charge in [0.25, 0.3) is 0 Å². The van der Waals surface area contributed by atoms with Crippen molar-refractivity contribution < 1.29 is 4.42 Å². The molecule has 23 heavy (non-hydrogen) atoms. The molecule has 0 spiro atoms. The van der Waals surface area contributed by atoms with Crippen molar-refractivity contribution in [2.45, 2.75) is 51.1 Å². The Morgan fingerprint density at radius 1 is 1.30 bits per heavy atom. The lowest BCUT2D eigenvalue weighted by Crippen LogP contribution is -2.25. The predicted octanol–water partition coefficient (Wildman–Crippen LogP) is 3.10. The van der Waals surface area contributed by atoms with E-state index in [-0.39, 0.29) is 0 Å². The molecule has 1 atom stereocenters. The molecule has 0 saturated carbocycles. The highest BCUT2D eigenvalue weighted by Gasteiger charge is 2.32. The molecule has 1 fully saturated rings. The first kappa shape index (κ1) is 14.5. The molecule has 1 aliphatic carbocycles. The van der Waals surface area contributed by atoms with Gasteiger partial charge < -0.3 is 8.98 Å². The Kier molecular flexibility index (Phi) is 3.70. The van der Waals surface area contributed by atoms with E-state index in [0.29, 0.717) is 11.8 Å². The fourth-order valence-electron chi connectivity index (χ4n) is 4.04. The van der Waals surface area contributed by atoms with Gasteiger partial charge in [0.05, 0.1) is 18.3 Å². The van der Waals surface area contributed by atoms with Crippen molar-refractivity contribution >= 4 is 0 Å². The van der Waals surface area contributed by atoms with Gasteiger partial charge in [-0.15, -0.1) is 0 Å². The highest BCUT2D eigenvalue weighted by molar-refractivity contribution is 5.23. The average molecular weight is 310 g/mol. The summed E-state index contributed by atoms with van der Waals surface area (Å²) in [5.74, 6) is 2.47. The zero-order valence-electron chi connectivity index (χ0n) is 13.6. The molecular formula is C18H22N4O. The van der Waals surface area contributed by atoms with Crippen molar-refractivity contribution in [2.24, 2.45) is 7.05 Å². The molecule has 120 valence electrons. The fraction of sp³-hybridized carbons (Fsp3) is 0.556. The van der Waals surface area contributed by atoms with Crippen LogP contribution in [0.25, 0.3) is 0 Å². The minimum atomic E-state index is 0.362. The number of nitrogens with zero attached hydrogens (tertiary/aromatic N) is 4. The molecule has 5 nitrogen and oxygen atoms in total. The SMILES string of the molecule is Cn1c(C2CCCN2Cc2ccc(C#N)o2)nc2c1CCCC2. The lowest BCUT2D eigenvalue weighted by Gasteiger charge is -2.23. The van der Waals surface area contributed by atoms with E-state index >= 15 is 0 Å². The Morgan fingerprint density at radius 3 is 2.96 bits per heavy atom. The third-order valence-electron chi connectivity index (χ3n) is 5.20. The van der Waals surface area contributed by atoms with Crippen molar-refractivity contribution in [1.29, 1.82) is 5.26 Å². The van der Waals surface area contributed by atoms with Crippen LogP contribution in [0.5, 0.6) is 0 Å². The Balaban J connectivity index is 1.58. The quantitative estimate of drug-likeness (QED) is 0.874. The smallest absolute Gasteiger partial charge is 0.203 e. The van der Waals surface area contributed by atoms with Gasteiger partial charge in [0.15, 0.2) is 0 Å². The number of hydrogen-bond donors (Lipinski definition) is 0. The molecule has 4 rings (SSSR count). The number of fused-ring (bicyclic) bond motifs is 1. The zero-order chi connectivity index (χ0) is 15.8. The van der Waals surface area contributed by atoms with Crippen LogP contribution in [0.15, 0.2) is 16.5 Å². The number of hydrogen-bond acceptors (Lipinski definition) is 4. The lowest BCUT2D eigenvalue weighted by atomic mass is 10.0. The molecule has 2 aliphatic rings. The molecular weight excluding hydrogens is 288 g/mol. The molecule has 0 aromatic carbocycles. The van der Waals surface area contributed by atoms with Crippen LogP contribution in [0.3, 0.4) is 0 Å². The fourth-order valence-corrected chi connectivity index (χ4v) is 4.04. The number of likely N-dealkylation sites (tertiary alicyclic amines) is 1. The van der Waals surface area contributed by atoms with E-state index in [1.165, 1.54) is 36.5 Å². The summed E-state index contributed by atoms with van der Waals surface area (Å²) in [4.78, 5) is 7.42. The van der Waals surface area contributed by atoms with Gasteiger partial charge in [-0.05, 0) is 57.2 Å². The van der Waals surface area contributed by atoms with Crippen LogP contribution in [0, 0.1) is 11.3 Å². The molecule has 0 N–H and O–H groups in total. The summed E-state index contributed by atoms with van der Waals surface area (Å²) >= 11 is 0. The first-order valence-electron chi connectivity index (χ1n) is 8.53. The van der Waals surface area contributed by atoms with Crippen molar-refractivity contribution in [3.8, 4) is 6.07 Å². The predicted molar refractivity (Wildman–Crippen MR) is 85.7 cm³/mol. The van der Waals surface area contributed by atoms with Crippen molar-refractivity contribution in [1.82, 2.24) is 14.5 Å². The second kappa shape index (κ2) is 5.86. The minimum Gasteiger partial charge on any atom is -0.449 e. The van der Waals surface area contributed by atoms with Crippen LogP contribution in [0.2, 0.25) is 0 Å². The normalized spacial score (nSPS) is 21.3. The highest BCUT2D eigenvalue weighted by atomic mass is 16.3. The average Bonchev–Trinajstić information content (AvgIpc) is 3.28. The van der Waals surface area contributed by atoms with E-state index in [1.54, 1.807) is 6.07 Å². The highest BCUT2D eigenvalue weighted by Crippen LogP contribution is 2.34. The third-order valence-corrected chi connectivity index (χ3v) is 5.20. The number of rotatable bonds is 3. The first-order chi connectivity index (χ1) is 11.3. The van der Waals surface area contributed by atoms with Gasteiger partial charge in [-0.3, -0.25) is 4.90 Å². The monoisotopic (exact) mass is 310 g/mol. The van der Waals surface area contributed by atoms with Gasteiger partial charge in [0.1, 0.15) is 17.7 Å². The van der Waals surface area contributed by atoms with E-state index < -0.39 is 0 Å². The molecule has 2 aromatic heterocycles. The van der Waals surface area contributed by atoms with Crippen LogP contribution in [-0.4, -0.2) is 21.0 Å². The number of imidazole rings is 1. The minimum absolute atomic E-state index is 0.362. The van der Waals surface area contributed by atoms with E-state index in [0.717, 1.165) is 38.1 Å². The maximum atomic E-state index is 8.90. The summed E-state index contributed by atoms with van der Waals surface area (Å²) in [6.07, 6.45) is 7.17. The Bertz CT molecular complexity index is 752. The second-order valence-corrected chi connectivity index (χ2v) is 6.64. The number of furan rings is 1. The number of aromatic nitrogens is 2. The molecule has 0 amide bonds. The Hall–Kier alpha value is -2.06. The summed E-state index contributed by atoms with van der Waals surface area (Å²) in [5.41, 5.74) is 2.74. The number of nitriles is 1. The van der Waals surface area contributed by atoms with Crippen molar-refractivity contribution in [3.05, 3.63) is 40.9 Å². The van der Waals surface area contributed by atoms with Gasteiger partial charge in [0, 0.05) is 12.7 Å². The number of aryl methyl sites for hydroxylation is 1. The van der Waals surface area contributed by atoms with E-state index in [4.69, 9.17) is 14.7 Å². The van der Waals surface area contributed by atoms with Gasteiger partial charge in [0.2, 0.25) is 5.76 Å². The van der Waals surface area contributed by atoms with Crippen LogP contribution in [-0.2, 0) is 26.4 Å². The molecule has 1 aliphatic heterocycles.